The maximum atomic E-state index is 12.2. The fourth-order valence-corrected chi connectivity index (χ4v) is 3.06. The molecule has 0 atom stereocenters. The van der Waals surface area contributed by atoms with Crippen molar-refractivity contribution in [1.29, 1.82) is 0 Å². The molecule has 3 heterocycles. The number of carbonyl (C=O) groups is 2. The molecule has 2 amide bonds. The molecule has 2 fully saturated rings. The van der Waals surface area contributed by atoms with E-state index in [0.29, 0.717) is 25.3 Å². The van der Waals surface area contributed by atoms with Crippen molar-refractivity contribution in [3.05, 3.63) is 24.2 Å². The highest BCUT2D eigenvalue weighted by Gasteiger charge is 2.24. The van der Waals surface area contributed by atoms with Crippen molar-refractivity contribution in [3.8, 4) is 0 Å². The molecule has 0 bridgehead atoms. The molecule has 3 rings (SSSR count). The molecule has 7 heteroatoms. The Morgan fingerprint density at radius 1 is 1.04 bits per heavy atom. The van der Waals surface area contributed by atoms with E-state index in [-0.39, 0.29) is 11.8 Å². The lowest BCUT2D eigenvalue weighted by Crippen LogP contribution is -2.50. The Labute approximate surface area is 136 Å². The van der Waals surface area contributed by atoms with Crippen molar-refractivity contribution in [2.75, 3.05) is 58.9 Å². The number of carbonyl (C=O) groups excluding carboxylic acids is 2. The van der Waals surface area contributed by atoms with Crippen LogP contribution in [0.2, 0.25) is 0 Å². The zero-order chi connectivity index (χ0) is 16.1. The molecule has 1 N–H and O–H groups in total. The first-order valence-electron chi connectivity index (χ1n) is 8.27. The number of nitrogens with zero attached hydrogens (tertiary/aromatic N) is 3. The van der Waals surface area contributed by atoms with Gasteiger partial charge in [0.15, 0.2) is 5.76 Å². The lowest BCUT2D eigenvalue weighted by Gasteiger charge is -2.35. The van der Waals surface area contributed by atoms with Gasteiger partial charge < -0.3 is 19.5 Å². The van der Waals surface area contributed by atoms with Crippen LogP contribution in [0.5, 0.6) is 0 Å². The molecular weight excluding hydrogens is 296 g/mol. The van der Waals surface area contributed by atoms with E-state index in [1.807, 2.05) is 9.80 Å². The maximum Gasteiger partial charge on any atom is 0.289 e. The lowest BCUT2D eigenvalue weighted by molar-refractivity contribution is -0.132. The summed E-state index contributed by atoms with van der Waals surface area (Å²) < 4.78 is 5.16. The van der Waals surface area contributed by atoms with Gasteiger partial charge in [-0.3, -0.25) is 14.5 Å². The minimum absolute atomic E-state index is 0.0495. The van der Waals surface area contributed by atoms with E-state index in [1.54, 1.807) is 12.1 Å². The van der Waals surface area contributed by atoms with Crippen LogP contribution in [0.1, 0.15) is 17.0 Å². The quantitative estimate of drug-likeness (QED) is 0.836. The van der Waals surface area contributed by atoms with Gasteiger partial charge in [0.2, 0.25) is 5.91 Å². The molecule has 2 aliphatic rings. The van der Waals surface area contributed by atoms with E-state index in [0.717, 1.165) is 45.8 Å². The van der Waals surface area contributed by atoms with Crippen LogP contribution in [0.4, 0.5) is 0 Å². The van der Waals surface area contributed by atoms with Crippen molar-refractivity contribution < 1.29 is 14.0 Å². The third-order valence-electron chi connectivity index (χ3n) is 4.50. The Balaban J connectivity index is 1.39. The number of furan rings is 1. The van der Waals surface area contributed by atoms with Crippen molar-refractivity contribution in [2.24, 2.45) is 0 Å². The van der Waals surface area contributed by atoms with Gasteiger partial charge in [0.1, 0.15) is 0 Å². The number of amides is 2. The summed E-state index contributed by atoms with van der Waals surface area (Å²) in [5.41, 5.74) is 0. The van der Waals surface area contributed by atoms with Crippen LogP contribution in [-0.2, 0) is 4.79 Å². The van der Waals surface area contributed by atoms with Gasteiger partial charge in [-0.25, -0.2) is 0 Å². The Bertz CT molecular complexity index is 517. The molecule has 23 heavy (non-hydrogen) atoms. The molecular formula is C16H24N4O3. The normalized spacial score (nSPS) is 19.8. The molecule has 7 nitrogen and oxygen atoms in total. The van der Waals surface area contributed by atoms with Crippen molar-refractivity contribution in [1.82, 2.24) is 20.0 Å². The maximum absolute atomic E-state index is 12.2. The van der Waals surface area contributed by atoms with E-state index in [4.69, 9.17) is 4.42 Å². The summed E-state index contributed by atoms with van der Waals surface area (Å²) in [6, 6.07) is 3.42. The smallest absolute Gasteiger partial charge is 0.289 e. The molecule has 0 aliphatic carbocycles. The molecule has 2 aliphatic heterocycles. The van der Waals surface area contributed by atoms with E-state index < -0.39 is 0 Å². The van der Waals surface area contributed by atoms with Crippen LogP contribution < -0.4 is 5.32 Å². The predicted octanol–water partition coefficient (Wildman–Crippen LogP) is -0.141. The molecule has 0 spiro atoms. The minimum atomic E-state index is -0.0495. The second kappa shape index (κ2) is 7.61. The van der Waals surface area contributed by atoms with Crippen LogP contribution >= 0.6 is 0 Å². The van der Waals surface area contributed by atoms with Gasteiger partial charge in [-0.1, -0.05) is 0 Å². The van der Waals surface area contributed by atoms with Crippen molar-refractivity contribution in [3.63, 3.8) is 0 Å². The zero-order valence-corrected chi connectivity index (χ0v) is 13.4. The molecule has 126 valence electrons. The van der Waals surface area contributed by atoms with Gasteiger partial charge in [-0.2, -0.15) is 0 Å². The molecule has 0 radical (unpaired) electrons. The zero-order valence-electron chi connectivity index (χ0n) is 13.4. The standard InChI is InChI=1S/C16H24N4O3/c21-15(19-7-4-17-5-8-19)3-6-18-9-11-20(12-10-18)16(22)14-2-1-13-23-14/h1-2,13,17H,3-12H2. The van der Waals surface area contributed by atoms with Crippen LogP contribution in [0.15, 0.2) is 22.8 Å². The molecule has 1 aromatic rings. The van der Waals surface area contributed by atoms with Crippen LogP contribution in [-0.4, -0.2) is 85.4 Å². The predicted molar refractivity (Wildman–Crippen MR) is 85.1 cm³/mol. The summed E-state index contributed by atoms with van der Waals surface area (Å²) >= 11 is 0. The third-order valence-corrected chi connectivity index (χ3v) is 4.50. The van der Waals surface area contributed by atoms with Gasteiger partial charge in [0.25, 0.3) is 5.91 Å². The van der Waals surface area contributed by atoms with E-state index in [9.17, 15) is 9.59 Å². The van der Waals surface area contributed by atoms with Crippen molar-refractivity contribution in [2.45, 2.75) is 6.42 Å². The average Bonchev–Trinajstić information content (AvgIpc) is 3.15. The van der Waals surface area contributed by atoms with Gasteiger partial charge in [-0.05, 0) is 12.1 Å². The monoisotopic (exact) mass is 320 g/mol. The Hall–Kier alpha value is -1.86. The first kappa shape index (κ1) is 16.0. The van der Waals surface area contributed by atoms with Gasteiger partial charge >= 0.3 is 0 Å². The molecule has 0 unspecified atom stereocenters. The highest BCUT2D eigenvalue weighted by atomic mass is 16.3. The minimum Gasteiger partial charge on any atom is -0.459 e. The fraction of sp³-hybridized carbons (Fsp3) is 0.625. The van der Waals surface area contributed by atoms with E-state index >= 15 is 0 Å². The van der Waals surface area contributed by atoms with Gasteiger partial charge in [0, 0.05) is 65.3 Å². The topological polar surface area (TPSA) is 69.0 Å². The summed E-state index contributed by atoms with van der Waals surface area (Å²) in [5.74, 6) is 0.583. The summed E-state index contributed by atoms with van der Waals surface area (Å²) in [7, 11) is 0. The second-order valence-electron chi connectivity index (χ2n) is 5.99. The first-order chi connectivity index (χ1) is 11.2. The number of hydrogen-bond acceptors (Lipinski definition) is 5. The molecule has 1 aromatic heterocycles. The highest BCUT2D eigenvalue weighted by Crippen LogP contribution is 2.10. The SMILES string of the molecule is O=C(CCN1CCN(C(=O)c2ccco2)CC1)N1CCNCC1. The van der Waals surface area contributed by atoms with Crippen LogP contribution in [0.25, 0.3) is 0 Å². The summed E-state index contributed by atoms with van der Waals surface area (Å²) in [5, 5.41) is 3.25. The van der Waals surface area contributed by atoms with Gasteiger partial charge in [-0.15, -0.1) is 0 Å². The number of nitrogens with one attached hydrogen (secondary N) is 1. The summed E-state index contributed by atoms with van der Waals surface area (Å²) in [6.45, 7) is 7.14. The van der Waals surface area contributed by atoms with Crippen LogP contribution in [0.3, 0.4) is 0 Å². The van der Waals surface area contributed by atoms with Gasteiger partial charge in [0.05, 0.1) is 6.26 Å². The second-order valence-corrected chi connectivity index (χ2v) is 5.99. The molecule has 0 aromatic carbocycles. The Morgan fingerprint density at radius 2 is 1.78 bits per heavy atom. The average molecular weight is 320 g/mol. The van der Waals surface area contributed by atoms with E-state index in [1.165, 1.54) is 6.26 Å². The Kier molecular flexibility index (Phi) is 5.30. The number of rotatable bonds is 4. The molecule has 2 saturated heterocycles. The first-order valence-corrected chi connectivity index (χ1v) is 8.27. The fourth-order valence-electron chi connectivity index (χ4n) is 3.06. The summed E-state index contributed by atoms with van der Waals surface area (Å²) in [6.07, 6.45) is 2.08. The highest BCUT2D eigenvalue weighted by molar-refractivity contribution is 5.91. The van der Waals surface area contributed by atoms with E-state index in [2.05, 4.69) is 10.2 Å². The van der Waals surface area contributed by atoms with Crippen molar-refractivity contribution >= 4 is 11.8 Å². The largest absolute Gasteiger partial charge is 0.459 e. The molecule has 0 saturated carbocycles. The lowest BCUT2D eigenvalue weighted by atomic mass is 10.2. The Morgan fingerprint density at radius 3 is 2.43 bits per heavy atom. The number of piperazine rings is 2. The summed E-state index contributed by atoms with van der Waals surface area (Å²) in [4.78, 5) is 30.4. The third kappa shape index (κ3) is 4.11. The van der Waals surface area contributed by atoms with Crippen LogP contribution in [0, 0.1) is 0 Å². The number of hydrogen-bond donors (Lipinski definition) is 1.